The average Bonchev–Trinajstić information content (AvgIpc) is 2.98. The van der Waals surface area contributed by atoms with Crippen LogP contribution in [0.2, 0.25) is 0 Å². The number of sulfonamides is 1. The van der Waals surface area contributed by atoms with E-state index in [9.17, 15) is 8.42 Å². The summed E-state index contributed by atoms with van der Waals surface area (Å²) in [6, 6.07) is 0.203. The van der Waals surface area contributed by atoms with Gasteiger partial charge in [0, 0.05) is 19.5 Å². The van der Waals surface area contributed by atoms with Crippen LogP contribution in [0.1, 0.15) is 25.3 Å². The van der Waals surface area contributed by atoms with Crippen LogP contribution in [-0.4, -0.2) is 59.0 Å². The van der Waals surface area contributed by atoms with Gasteiger partial charge in [0.25, 0.3) is 0 Å². The maximum absolute atomic E-state index is 11.7. The molecule has 2 unspecified atom stereocenters. The van der Waals surface area contributed by atoms with Gasteiger partial charge in [-0.3, -0.25) is 0 Å². The van der Waals surface area contributed by atoms with E-state index in [4.69, 9.17) is 4.74 Å². The number of hydrogen-bond acceptors (Lipinski definition) is 5. The SMILES string of the molecule is CS(=O)(=O)N1CCCC2(CC(n3cnnc3)CO2)C1. The predicted octanol–water partition coefficient (Wildman–Crippen LogP) is 0.0337. The molecule has 2 atom stereocenters. The summed E-state index contributed by atoms with van der Waals surface area (Å²) < 4.78 is 32.8. The number of piperidine rings is 1. The van der Waals surface area contributed by atoms with Gasteiger partial charge >= 0.3 is 0 Å². The summed E-state index contributed by atoms with van der Waals surface area (Å²) in [4.78, 5) is 0. The fraction of sp³-hybridized carbons (Fsp3) is 0.818. The first-order valence-corrected chi connectivity index (χ1v) is 8.27. The number of rotatable bonds is 2. The van der Waals surface area contributed by atoms with Gasteiger partial charge < -0.3 is 9.30 Å². The van der Waals surface area contributed by atoms with Crippen molar-refractivity contribution in [2.24, 2.45) is 0 Å². The Bertz CT molecular complexity index is 544. The molecule has 0 saturated carbocycles. The molecule has 7 nitrogen and oxygen atoms in total. The third kappa shape index (κ3) is 2.52. The molecule has 1 spiro atoms. The molecule has 2 aliphatic rings. The molecule has 0 aromatic carbocycles. The molecule has 1 aromatic heterocycles. The fourth-order valence-corrected chi connectivity index (χ4v) is 3.96. The van der Waals surface area contributed by atoms with E-state index in [1.165, 1.54) is 10.6 Å². The topological polar surface area (TPSA) is 77.3 Å². The zero-order chi connectivity index (χ0) is 13.5. The first-order valence-electron chi connectivity index (χ1n) is 6.42. The van der Waals surface area contributed by atoms with Gasteiger partial charge in [-0.1, -0.05) is 0 Å². The van der Waals surface area contributed by atoms with Crippen molar-refractivity contribution >= 4 is 10.0 Å². The summed E-state index contributed by atoms with van der Waals surface area (Å²) in [6.45, 7) is 1.65. The molecule has 0 radical (unpaired) electrons. The Hall–Kier alpha value is -0.990. The molecule has 2 fully saturated rings. The van der Waals surface area contributed by atoms with Crippen LogP contribution in [-0.2, 0) is 14.8 Å². The van der Waals surface area contributed by atoms with Crippen LogP contribution in [0.25, 0.3) is 0 Å². The second kappa shape index (κ2) is 4.53. The van der Waals surface area contributed by atoms with Gasteiger partial charge in [-0.25, -0.2) is 8.42 Å². The minimum Gasteiger partial charge on any atom is -0.371 e. The molecule has 0 N–H and O–H groups in total. The van der Waals surface area contributed by atoms with Crippen molar-refractivity contribution in [3.05, 3.63) is 12.7 Å². The van der Waals surface area contributed by atoms with E-state index >= 15 is 0 Å². The third-order valence-electron chi connectivity index (χ3n) is 4.02. The molecule has 19 heavy (non-hydrogen) atoms. The normalized spacial score (nSPS) is 33.0. The summed E-state index contributed by atoms with van der Waals surface area (Å²) >= 11 is 0. The number of nitrogens with zero attached hydrogens (tertiary/aromatic N) is 4. The lowest BCUT2D eigenvalue weighted by Gasteiger charge is -2.38. The van der Waals surface area contributed by atoms with Crippen molar-refractivity contribution in [2.45, 2.75) is 30.9 Å². The predicted molar refractivity (Wildman–Crippen MR) is 68.0 cm³/mol. The first kappa shape index (κ1) is 13.0. The highest BCUT2D eigenvalue weighted by atomic mass is 32.2. The minimum atomic E-state index is -3.14. The molecule has 8 heteroatoms. The highest BCUT2D eigenvalue weighted by molar-refractivity contribution is 7.88. The largest absolute Gasteiger partial charge is 0.371 e. The number of aromatic nitrogens is 3. The number of ether oxygens (including phenoxy) is 1. The van der Waals surface area contributed by atoms with Gasteiger partial charge in [-0.05, 0) is 12.8 Å². The Morgan fingerprint density at radius 1 is 1.37 bits per heavy atom. The Morgan fingerprint density at radius 3 is 2.79 bits per heavy atom. The average molecular weight is 286 g/mol. The molecule has 2 saturated heterocycles. The van der Waals surface area contributed by atoms with Crippen LogP contribution in [0, 0.1) is 0 Å². The van der Waals surface area contributed by atoms with E-state index in [0.717, 1.165) is 19.3 Å². The van der Waals surface area contributed by atoms with Crippen molar-refractivity contribution in [1.29, 1.82) is 0 Å². The Balaban J connectivity index is 1.75. The van der Waals surface area contributed by atoms with E-state index in [1.807, 2.05) is 4.57 Å². The maximum atomic E-state index is 11.7. The molecule has 3 rings (SSSR count). The summed E-state index contributed by atoms with van der Waals surface area (Å²) in [6.07, 6.45) is 7.21. The highest BCUT2D eigenvalue weighted by Crippen LogP contribution is 2.39. The standard InChI is InChI=1S/C11H18N4O3S/c1-19(16,17)15-4-2-3-11(7-15)5-10(6-18-11)14-8-12-13-9-14/h8-10H,2-7H2,1H3. The fourth-order valence-electron chi connectivity index (χ4n) is 3.03. The van der Waals surface area contributed by atoms with Gasteiger partial charge in [-0.2, -0.15) is 4.31 Å². The summed E-state index contributed by atoms with van der Waals surface area (Å²) in [5, 5.41) is 7.61. The van der Waals surface area contributed by atoms with E-state index in [-0.39, 0.29) is 11.6 Å². The molecule has 3 heterocycles. The van der Waals surface area contributed by atoms with Crippen LogP contribution < -0.4 is 0 Å². The highest BCUT2D eigenvalue weighted by Gasteiger charge is 2.45. The van der Waals surface area contributed by atoms with Crippen LogP contribution in [0.4, 0.5) is 0 Å². The zero-order valence-corrected chi connectivity index (χ0v) is 11.7. The van der Waals surface area contributed by atoms with Crippen LogP contribution in [0.15, 0.2) is 12.7 Å². The van der Waals surface area contributed by atoms with Gasteiger partial charge in [0.05, 0.1) is 24.5 Å². The molecule has 0 aliphatic carbocycles. The lowest BCUT2D eigenvalue weighted by atomic mass is 9.90. The summed E-state index contributed by atoms with van der Waals surface area (Å²) in [5.74, 6) is 0. The quantitative estimate of drug-likeness (QED) is 0.767. The molecule has 106 valence electrons. The summed E-state index contributed by atoms with van der Waals surface area (Å²) in [7, 11) is -3.14. The molecule has 1 aromatic rings. The maximum Gasteiger partial charge on any atom is 0.211 e. The molecule has 2 aliphatic heterocycles. The molecule has 0 amide bonds. The van der Waals surface area contributed by atoms with E-state index in [1.54, 1.807) is 12.7 Å². The summed E-state index contributed by atoms with van der Waals surface area (Å²) in [5.41, 5.74) is -0.337. The van der Waals surface area contributed by atoms with Gasteiger partial charge in [-0.15, -0.1) is 10.2 Å². The van der Waals surface area contributed by atoms with Crippen molar-refractivity contribution in [3.8, 4) is 0 Å². The first-order chi connectivity index (χ1) is 8.99. The van der Waals surface area contributed by atoms with E-state index in [0.29, 0.717) is 19.7 Å². The molecular formula is C11H18N4O3S. The Labute approximate surface area is 112 Å². The monoisotopic (exact) mass is 286 g/mol. The minimum absolute atomic E-state index is 0.203. The smallest absolute Gasteiger partial charge is 0.211 e. The molecular weight excluding hydrogens is 268 g/mol. The lowest BCUT2D eigenvalue weighted by Crippen LogP contribution is -2.49. The van der Waals surface area contributed by atoms with Crippen molar-refractivity contribution < 1.29 is 13.2 Å². The van der Waals surface area contributed by atoms with E-state index in [2.05, 4.69) is 10.2 Å². The van der Waals surface area contributed by atoms with Gasteiger partial charge in [0.1, 0.15) is 12.7 Å². The van der Waals surface area contributed by atoms with Crippen molar-refractivity contribution in [2.75, 3.05) is 26.0 Å². The third-order valence-corrected chi connectivity index (χ3v) is 5.27. The van der Waals surface area contributed by atoms with Crippen molar-refractivity contribution in [3.63, 3.8) is 0 Å². The second-order valence-electron chi connectivity index (χ2n) is 5.46. The van der Waals surface area contributed by atoms with E-state index < -0.39 is 10.0 Å². The second-order valence-corrected chi connectivity index (χ2v) is 7.44. The lowest BCUT2D eigenvalue weighted by molar-refractivity contribution is -0.0331. The van der Waals surface area contributed by atoms with Crippen LogP contribution in [0.5, 0.6) is 0 Å². The van der Waals surface area contributed by atoms with Gasteiger partial charge in [0.15, 0.2) is 0 Å². The van der Waals surface area contributed by atoms with Crippen LogP contribution >= 0.6 is 0 Å². The van der Waals surface area contributed by atoms with Gasteiger partial charge in [0.2, 0.25) is 10.0 Å². The zero-order valence-electron chi connectivity index (χ0n) is 10.9. The van der Waals surface area contributed by atoms with Crippen LogP contribution in [0.3, 0.4) is 0 Å². The van der Waals surface area contributed by atoms with Crippen molar-refractivity contribution in [1.82, 2.24) is 19.1 Å². The molecule has 0 bridgehead atoms. The Kier molecular flexibility index (Phi) is 3.11. The number of hydrogen-bond donors (Lipinski definition) is 0. The Morgan fingerprint density at radius 2 is 2.11 bits per heavy atom.